The highest BCUT2D eigenvalue weighted by atomic mass is 127. The Kier molecular flexibility index (Phi) is 11.5. The van der Waals surface area contributed by atoms with Crippen LogP contribution in [-0.2, 0) is 9.47 Å². The minimum absolute atomic E-state index is 0. The molecule has 0 aliphatic carbocycles. The number of hydrogen-bond donors (Lipinski definition) is 2. The first-order valence-corrected chi connectivity index (χ1v) is 9.11. The van der Waals surface area contributed by atoms with Gasteiger partial charge in [-0.2, -0.15) is 0 Å². The molecule has 1 aliphatic heterocycles. The average Bonchev–Trinajstić information content (AvgIpc) is 2.97. The molecule has 0 aromatic rings. The van der Waals surface area contributed by atoms with Gasteiger partial charge in [-0.15, -0.1) is 24.0 Å². The van der Waals surface area contributed by atoms with Gasteiger partial charge in [0.1, 0.15) is 5.60 Å². The summed E-state index contributed by atoms with van der Waals surface area (Å²) in [5.41, 5.74) is -0.501. The topological polar surface area (TPSA) is 75.2 Å². The molecule has 154 valence electrons. The van der Waals surface area contributed by atoms with Crippen molar-refractivity contribution in [2.75, 3.05) is 40.4 Å². The third-order valence-electron chi connectivity index (χ3n) is 4.12. The predicted molar refractivity (Wildman–Crippen MR) is 116 cm³/mol. The van der Waals surface area contributed by atoms with Gasteiger partial charge in [-0.25, -0.2) is 4.79 Å². The van der Waals surface area contributed by atoms with E-state index in [1.165, 1.54) is 0 Å². The molecule has 7 nitrogen and oxygen atoms in total. The van der Waals surface area contributed by atoms with Crippen molar-refractivity contribution in [2.24, 2.45) is 16.8 Å². The second-order valence-electron chi connectivity index (χ2n) is 8.03. The van der Waals surface area contributed by atoms with Gasteiger partial charge in [0, 0.05) is 39.7 Å². The third kappa shape index (κ3) is 9.80. The van der Waals surface area contributed by atoms with Crippen molar-refractivity contribution >= 4 is 36.0 Å². The monoisotopic (exact) mass is 484 g/mol. The Morgan fingerprint density at radius 3 is 2.50 bits per heavy atom. The highest BCUT2D eigenvalue weighted by Crippen LogP contribution is 2.13. The van der Waals surface area contributed by atoms with Crippen molar-refractivity contribution in [3.63, 3.8) is 0 Å². The van der Waals surface area contributed by atoms with Crippen molar-refractivity contribution < 1.29 is 14.3 Å². The maximum Gasteiger partial charge on any atom is 0.407 e. The maximum absolute atomic E-state index is 12.0. The Morgan fingerprint density at radius 2 is 2.04 bits per heavy atom. The minimum Gasteiger partial charge on any atom is -0.444 e. The number of halogens is 1. The first kappa shape index (κ1) is 25.2. The summed E-state index contributed by atoms with van der Waals surface area (Å²) in [6.07, 6.45) is 0.704. The normalized spacial score (nSPS) is 18.9. The number of nitrogens with zero attached hydrogens (tertiary/aromatic N) is 2. The molecule has 0 aromatic carbocycles. The molecule has 0 saturated carbocycles. The number of ether oxygens (including phenoxy) is 2. The molecule has 2 atom stereocenters. The molecule has 0 radical (unpaired) electrons. The zero-order valence-electron chi connectivity index (χ0n) is 17.3. The molecule has 1 rings (SSSR count). The van der Waals surface area contributed by atoms with E-state index in [1.807, 2.05) is 27.8 Å². The van der Waals surface area contributed by atoms with Gasteiger partial charge in [0.15, 0.2) is 5.96 Å². The lowest BCUT2D eigenvalue weighted by molar-refractivity contribution is 0.0491. The summed E-state index contributed by atoms with van der Waals surface area (Å²) in [5.74, 6) is 1.64. The molecule has 0 spiro atoms. The number of nitrogens with one attached hydrogen (secondary N) is 2. The Morgan fingerprint density at radius 1 is 1.38 bits per heavy atom. The number of carbonyl (C=O) groups excluding carboxylic acids is 1. The molecule has 8 heteroatoms. The molecule has 1 amide bonds. The van der Waals surface area contributed by atoms with Crippen LogP contribution < -0.4 is 10.6 Å². The summed E-state index contributed by atoms with van der Waals surface area (Å²) in [5, 5.41) is 6.30. The third-order valence-corrected chi connectivity index (χ3v) is 4.12. The smallest absolute Gasteiger partial charge is 0.407 e. The van der Waals surface area contributed by atoms with Crippen molar-refractivity contribution in [3.8, 4) is 0 Å². The highest BCUT2D eigenvalue weighted by molar-refractivity contribution is 14.0. The van der Waals surface area contributed by atoms with Gasteiger partial charge in [-0.1, -0.05) is 13.8 Å². The summed E-state index contributed by atoms with van der Waals surface area (Å²) < 4.78 is 10.8. The van der Waals surface area contributed by atoms with E-state index in [1.54, 1.807) is 7.05 Å². The molecule has 0 aromatic heterocycles. The molecule has 26 heavy (non-hydrogen) atoms. The number of rotatable bonds is 6. The summed E-state index contributed by atoms with van der Waals surface area (Å²) in [7, 11) is 3.80. The lowest BCUT2D eigenvalue weighted by Gasteiger charge is -2.29. The van der Waals surface area contributed by atoms with Gasteiger partial charge < -0.3 is 25.0 Å². The summed E-state index contributed by atoms with van der Waals surface area (Å²) in [6.45, 7) is 12.9. The fourth-order valence-electron chi connectivity index (χ4n) is 2.70. The quantitative estimate of drug-likeness (QED) is 0.345. The van der Waals surface area contributed by atoms with Crippen LogP contribution in [0.25, 0.3) is 0 Å². The zero-order valence-corrected chi connectivity index (χ0v) is 19.6. The first-order chi connectivity index (χ1) is 11.6. The van der Waals surface area contributed by atoms with Crippen molar-refractivity contribution in [1.82, 2.24) is 15.5 Å². The van der Waals surface area contributed by atoms with E-state index >= 15 is 0 Å². The van der Waals surface area contributed by atoms with Crippen LogP contribution in [0, 0.1) is 11.8 Å². The SMILES string of the molecule is CN=C(NCC(NC(=O)OC(C)(C)C)C(C)C)N(C)CC1CCOC1.I. The second kappa shape index (κ2) is 11.8. The van der Waals surface area contributed by atoms with Crippen LogP contribution in [0.15, 0.2) is 4.99 Å². The van der Waals surface area contributed by atoms with E-state index in [0.29, 0.717) is 12.5 Å². The van der Waals surface area contributed by atoms with E-state index < -0.39 is 5.60 Å². The van der Waals surface area contributed by atoms with E-state index in [2.05, 4.69) is 34.4 Å². The fourth-order valence-corrected chi connectivity index (χ4v) is 2.70. The van der Waals surface area contributed by atoms with Crippen LogP contribution >= 0.6 is 24.0 Å². The van der Waals surface area contributed by atoms with Gasteiger partial charge in [0.2, 0.25) is 0 Å². The van der Waals surface area contributed by atoms with Crippen LogP contribution in [-0.4, -0.2) is 69.0 Å². The fraction of sp³-hybridized carbons (Fsp3) is 0.889. The lowest BCUT2D eigenvalue weighted by Crippen LogP contribution is -2.51. The average molecular weight is 484 g/mol. The number of aliphatic imine (C=N–C) groups is 1. The van der Waals surface area contributed by atoms with E-state index in [-0.39, 0.29) is 42.0 Å². The molecular weight excluding hydrogens is 447 g/mol. The lowest BCUT2D eigenvalue weighted by atomic mass is 10.0. The minimum atomic E-state index is -0.501. The van der Waals surface area contributed by atoms with Crippen LogP contribution in [0.3, 0.4) is 0 Å². The Bertz CT molecular complexity index is 446. The predicted octanol–water partition coefficient (Wildman–Crippen LogP) is 2.70. The standard InChI is InChI=1S/C18H36N4O3.HI/c1-13(2)15(21-17(23)25-18(3,4)5)10-20-16(19-6)22(7)11-14-8-9-24-12-14;/h13-15H,8-12H2,1-7H3,(H,19,20)(H,21,23);1H. The molecule has 1 aliphatic rings. The van der Waals surface area contributed by atoms with Crippen LogP contribution in [0.4, 0.5) is 4.79 Å². The van der Waals surface area contributed by atoms with Gasteiger partial charge in [-0.05, 0) is 33.1 Å². The molecular formula is C18H37IN4O3. The second-order valence-corrected chi connectivity index (χ2v) is 8.03. The van der Waals surface area contributed by atoms with Gasteiger partial charge in [0.05, 0.1) is 12.6 Å². The van der Waals surface area contributed by atoms with Crippen molar-refractivity contribution in [3.05, 3.63) is 0 Å². The molecule has 1 fully saturated rings. The summed E-state index contributed by atoms with van der Waals surface area (Å²) in [6, 6.07) is -0.0465. The Balaban J connectivity index is 0.00000625. The Labute approximate surface area is 175 Å². The van der Waals surface area contributed by atoms with E-state index in [9.17, 15) is 4.79 Å². The van der Waals surface area contributed by atoms with E-state index in [4.69, 9.17) is 9.47 Å². The first-order valence-electron chi connectivity index (χ1n) is 9.11. The number of carbonyl (C=O) groups is 1. The number of alkyl carbamates (subject to hydrolysis) is 1. The molecule has 2 unspecified atom stereocenters. The van der Waals surface area contributed by atoms with Gasteiger partial charge in [-0.3, -0.25) is 4.99 Å². The molecule has 1 heterocycles. The zero-order chi connectivity index (χ0) is 19.0. The molecule has 1 saturated heterocycles. The highest BCUT2D eigenvalue weighted by Gasteiger charge is 2.23. The number of guanidine groups is 1. The Hall–Kier alpha value is -0.770. The van der Waals surface area contributed by atoms with Gasteiger partial charge >= 0.3 is 6.09 Å². The molecule has 2 N–H and O–H groups in total. The largest absolute Gasteiger partial charge is 0.444 e. The summed E-state index contributed by atoms with van der Waals surface area (Å²) in [4.78, 5) is 18.5. The van der Waals surface area contributed by atoms with Crippen LogP contribution in [0.5, 0.6) is 0 Å². The number of hydrogen-bond acceptors (Lipinski definition) is 4. The van der Waals surface area contributed by atoms with Crippen LogP contribution in [0.1, 0.15) is 41.0 Å². The number of amides is 1. The van der Waals surface area contributed by atoms with Crippen molar-refractivity contribution in [2.45, 2.75) is 52.7 Å². The van der Waals surface area contributed by atoms with Gasteiger partial charge in [0.25, 0.3) is 0 Å². The van der Waals surface area contributed by atoms with Crippen LogP contribution in [0.2, 0.25) is 0 Å². The maximum atomic E-state index is 12.0. The summed E-state index contributed by atoms with van der Waals surface area (Å²) >= 11 is 0. The molecule has 0 bridgehead atoms. The van der Waals surface area contributed by atoms with E-state index in [0.717, 1.165) is 32.1 Å². The van der Waals surface area contributed by atoms with Crippen molar-refractivity contribution in [1.29, 1.82) is 0 Å².